The molecule has 9 heteroatoms. The molecule has 4 heterocycles. The smallest absolute Gasteiger partial charge is 0.242 e. The third-order valence-corrected chi connectivity index (χ3v) is 6.37. The molecule has 0 saturated carbocycles. The summed E-state index contributed by atoms with van der Waals surface area (Å²) < 4.78 is 0. The molecule has 2 saturated heterocycles. The predicted octanol–water partition coefficient (Wildman–Crippen LogP) is 0.578. The van der Waals surface area contributed by atoms with Crippen LogP contribution in [-0.2, 0) is 27.3 Å². The van der Waals surface area contributed by atoms with Gasteiger partial charge in [-0.2, -0.15) is 0 Å². The Labute approximate surface area is 162 Å². The van der Waals surface area contributed by atoms with Gasteiger partial charge in [0.05, 0.1) is 23.4 Å². The zero-order valence-electron chi connectivity index (χ0n) is 15.4. The fraction of sp³-hybridized carbons (Fsp3) is 0.611. The predicted molar refractivity (Wildman–Crippen MR) is 99.6 cm³/mol. The Morgan fingerprint density at radius 3 is 2.93 bits per heavy atom. The first-order chi connectivity index (χ1) is 13.0. The molecule has 3 aliphatic heterocycles. The molecule has 1 aromatic rings. The van der Waals surface area contributed by atoms with Crippen LogP contribution in [0.5, 0.6) is 0 Å². The van der Waals surface area contributed by atoms with E-state index in [0.29, 0.717) is 43.5 Å². The van der Waals surface area contributed by atoms with Gasteiger partial charge in [-0.05, 0) is 12.8 Å². The zero-order valence-corrected chi connectivity index (χ0v) is 16.2. The van der Waals surface area contributed by atoms with Crippen molar-refractivity contribution in [1.82, 2.24) is 24.7 Å². The number of thioether (sulfide) groups is 1. The molecule has 0 spiro atoms. The third kappa shape index (κ3) is 3.65. The summed E-state index contributed by atoms with van der Waals surface area (Å²) in [4.78, 5) is 50.6. The Balaban J connectivity index is 1.48. The molecule has 8 nitrogen and oxygen atoms in total. The number of hydrogen-bond donors (Lipinski definition) is 0. The van der Waals surface area contributed by atoms with Crippen molar-refractivity contribution >= 4 is 29.5 Å². The number of likely N-dealkylation sites (tertiary alicyclic amines) is 1. The Hall–Kier alpha value is -2.16. The number of nitrogens with zero attached hydrogens (tertiary/aromatic N) is 5. The van der Waals surface area contributed by atoms with Crippen LogP contribution in [0.1, 0.15) is 42.9 Å². The van der Waals surface area contributed by atoms with Gasteiger partial charge in [-0.25, -0.2) is 9.97 Å². The number of amides is 3. The molecule has 1 unspecified atom stereocenters. The minimum atomic E-state index is -0.126. The first-order valence-corrected chi connectivity index (χ1v) is 10.4. The minimum absolute atomic E-state index is 0.0302. The van der Waals surface area contributed by atoms with Gasteiger partial charge in [0.2, 0.25) is 17.7 Å². The van der Waals surface area contributed by atoms with Crippen LogP contribution in [0, 0.1) is 0 Å². The lowest BCUT2D eigenvalue weighted by atomic mass is 10.1. The molecule has 0 aliphatic carbocycles. The molecule has 144 valence electrons. The highest BCUT2D eigenvalue weighted by Gasteiger charge is 2.34. The lowest BCUT2D eigenvalue weighted by Gasteiger charge is -2.29. The summed E-state index contributed by atoms with van der Waals surface area (Å²) in [7, 11) is 0. The summed E-state index contributed by atoms with van der Waals surface area (Å²) >= 11 is 1.54. The van der Waals surface area contributed by atoms with Crippen molar-refractivity contribution < 1.29 is 14.4 Å². The van der Waals surface area contributed by atoms with Crippen LogP contribution in [-0.4, -0.2) is 73.7 Å². The van der Waals surface area contributed by atoms with E-state index >= 15 is 0 Å². The highest BCUT2D eigenvalue weighted by Crippen LogP contribution is 2.31. The summed E-state index contributed by atoms with van der Waals surface area (Å²) in [6.07, 6.45) is 4.27. The topological polar surface area (TPSA) is 86.7 Å². The van der Waals surface area contributed by atoms with E-state index in [-0.39, 0.29) is 30.3 Å². The van der Waals surface area contributed by atoms with Crippen molar-refractivity contribution in [2.75, 3.05) is 31.3 Å². The average molecular weight is 389 g/mol. The van der Waals surface area contributed by atoms with Crippen LogP contribution in [0.3, 0.4) is 0 Å². The number of carbonyl (C=O) groups is 3. The molecule has 0 radical (unpaired) electrons. The quantitative estimate of drug-likeness (QED) is 0.752. The van der Waals surface area contributed by atoms with Crippen molar-refractivity contribution in [3.05, 3.63) is 23.3 Å². The van der Waals surface area contributed by atoms with E-state index in [9.17, 15) is 14.4 Å². The number of rotatable bonds is 3. The molecule has 0 N–H and O–H groups in total. The molecule has 0 aromatic carbocycles. The van der Waals surface area contributed by atoms with E-state index in [4.69, 9.17) is 4.98 Å². The van der Waals surface area contributed by atoms with Crippen LogP contribution in [0.25, 0.3) is 0 Å². The molecule has 2 fully saturated rings. The van der Waals surface area contributed by atoms with E-state index in [1.54, 1.807) is 34.7 Å². The van der Waals surface area contributed by atoms with Crippen molar-refractivity contribution in [2.24, 2.45) is 0 Å². The maximum Gasteiger partial charge on any atom is 0.242 e. The first-order valence-electron chi connectivity index (χ1n) is 9.28. The van der Waals surface area contributed by atoms with Crippen molar-refractivity contribution in [3.63, 3.8) is 0 Å². The second kappa shape index (κ2) is 7.46. The molecule has 3 amide bonds. The normalized spacial score (nSPS) is 22.3. The molecule has 1 aromatic heterocycles. The Morgan fingerprint density at radius 1 is 1.33 bits per heavy atom. The van der Waals surface area contributed by atoms with Gasteiger partial charge in [-0.3, -0.25) is 14.4 Å². The highest BCUT2D eigenvalue weighted by molar-refractivity contribution is 8.00. The van der Waals surface area contributed by atoms with E-state index in [0.717, 1.165) is 24.1 Å². The lowest BCUT2D eigenvalue weighted by Crippen LogP contribution is -2.41. The highest BCUT2D eigenvalue weighted by atomic mass is 32.2. The molecule has 0 bridgehead atoms. The molecular weight excluding hydrogens is 366 g/mol. The molecular formula is C18H23N5O3S. The summed E-state index contributed by atoms with van der Waals surface area (Å²) in [5.41, 5.74) is 1.96. The number of aromatic nitrogens is 2. The van der Waals surface area contributed by atoms with Crippen LogP contribution in [0.15, 0.2) is 6.20 Å². The van der Waals surface area contributed by atoms with Crippen molar-refractivity contribution in [1.29, 1.82) is 0 Å². The van der Waals surface area contributed by atoms with Gasteiger partial charge in [-0.15, -0.1) is 11.8 Å². The van der Waals surface area contributed by atoms with Crippen LogP contribution >= 0.6 is 11.8 Å². The van der Waals surface area contributed by atoms with E-state index in [1.165, 1.54) is 0 Å². The lowest BCUT2D eigenvalue weighted by molar-refractivity contribution is -0.138. The number of fused-ring (bicyclic) bond motifs is 1. The minimum Gasteiger partial charge on any atom is -0.338 e. The fourth-order valence-electron chi connectivity index (χ4n) is 3.89. The van der Waals surface area contributed by atoms with Crippen molar-refractivity contribution in [3.8, 4) is 0 Å². The monoisotopic (exact) mass is 389 g/mol. The second-order valence-corrected chi connectivity index (χ2v) is 8.16. The summed E-state index contributed by atoms with van der Waals surface area (Å²) in [5.74, 6) is 1.79. The van der Waals surface area contributed by atoms with Gasteiger partial charge >= 0.3 is 0 Å². The van der Waals surface area contributed by atoms with Crippen LogP contribution in [0.4, 0.5) is 0 Å². The second-order valence-electron chi connectivity index (χ2n) is 7.21. The maximum atomic E-state index is 12.8. The Kier molecular flexibility index (Phi) is 5.03. The molecule has 3 aliphatic rings. The SMILES string of the molecule is CC(=O)N1CCc2nc(C3CCCN3C(=O)CN3CSCC3=O)ncc2C1. The largest absolute Gasteiger partial charge is 0.338 e. The van der Waals surface area contributed by atoms with Crippen molar-refractivity contribution in [2.45, 2.75) is 38.8 Å². The first kappa shape index (κ1) is 18.2. The van der Waals surface area contributed by atoms with E-state index in [2.05, 4.69) is 4.98 Å². The van der Waals surface area contributed by atoms with E-state index < -0.39 is 0 Å². The summed E-state index contributed by atoms with van der Waals surface area (Å²) in [6, 6.07) is -0.126. The summed E-state index contributed by atoms with van der Waals surface area (Å²) in [5, 5.41) is 0. The van der Waals surface area contributed by atoms with Gasteiger partial charge in [0.1, 0.15) is 6.54 Å². The Morgan fingerprint density at radius 2 is 2.19 bits per heavy atom. The average Bonchev–Trinajstić information content (AvgIpc) is 3.30. The van der Waals surface area contributed by atoms with Gasteiger partial charge in [-0.1, -0.05) is 0 Å². The standard InChI is InChI=1S/C18H23N5O3S/c1-12(24)21-6-4-14-13(8-21)7-19-18(20-14)15-3-2-5-23(15)16(25)9-22-11-27-10-17(22)26/h7,15H,2-6,8-11H2,1H3. The zero-order chi connectivity index (χ0) is 19.0. The number of carbonyl (C=O) groups excluding carboxylic acids is 3. The maximum absolute atomic E-state index is 12.8. The number of hydrogen-bond acceptors (Lipinski definition) is 6. The summed E-state index contributed by atoms with van der Waals surface area (Å²) in [6.45, 7) is 3.61. The van der Waals surface area contributed by atoms with Gasteiger partial charge in [0.15, 0.2) is 5.82 Å². The van der Waals surface area contributed by atoms with Gasteiger partial charge < -0.3 is 14.7 Å². The Bertz CT molecular complexity index is 786. The van der Waals surface area contributed by atoms with Gasteiger partial charge in [0, 0.05) is 44.7 Å². The van der Waals surface area contributed by atoms with Crippen LogP contribution in [0.2, 0.25) is 0 Å². The molecule has 1 atom stereocenters. The fourth-order valence-corrected chi connectivity index (χ4v) is 4.79. The van der Waals surface area contributed by atoms with E-state index in [1.807, 2.05) is 4.90 Å². The molecule has 27 heavy (non-hydrogen) atoms. The van der Waals surface area contributed by atoms with Gasteiger partial charge in [0.25, 0.3) is 0 Å². The third-order valence-electron chi connectivity index (χ3n) is 5.42. The molecule has 4 rings (SSSR count). The van der Waals surface area contributed by atoms with Crippen LogP contribution < -0.4 is 0 Å².